The molecule has 0 aliphatic heterocycles. The second-order valence-electron chi connectivity index (χ2n) is 4.53. The molecule has 1 aromatic carbocycles. The van der Waals surface area contributed by atoms with E-state index in [9.17, 15) is 0 Å². The highest BCUT2D eigenvalue weighted by atomic mass is 79.9. The zero-order chi connectivity index (χ0) is 12.3. The first-order valence-electron chi connectivity index (χ1n) is 5.91. The Morgan fingerprint density at radius 2 is 2.05 bits per heavy atom. The van der Waals surface area contributed by atoms with Crippen molar-refractivity contribution >= 4 is 27.9 Å². The van der Waals surface area contributed by atoms with E-state index in [1.165, 1.54) is 16.5 Å². The SMILES string of the molecule is Br.C#CCN(C)C(C)Cc1c[nH]c2ccccc12.O. The molecule has 0 saturated carbocycles. The molecule has 0 fully saturated rings. The summed E-state index contributed by atoms with van der Waals surface area (Å²) in [6.07, 6.45) is 8.45. The topological polar surface area (TPSA) is 50.5 Å². The molecule has 1 aromatic heterocycles. The first-order chi connectivity index (χ1) is 8.22. The summed E-state index contributed by atoms with van der Waals surface area (Å²) in [6.45, 7) is 2.91. The summed E-state index contributed by atoms with van der Waals surface area (Å²) < 4.78 is 0. The second kappa shape index (κ2) is 8.00. The number of rotatable bonds is 4. The number of aromatic nitrogens is 1. The summed E-state index contributed by atoms with van der Waals surface area (Å²) in [4.78, 5) is 5.50. The Bertz CT molecular complexity index is 544. The molecule has 19 heavy (non-hydrogen) atoms. The van der Waals surface area contributed by atoms with E-state index in [4.69, 9.17) is 6.42 Å². The van der Waals surface area contributed by atoms with Gasteiger partial charge in [-0.1, -0.05) is 24.1 Å². The van der Waals surface area contributed by atoms with Crippen LogP contribution in [0.1, 0.15) is 12.5 Å². The van der Waals surface area contributed by atoms with Crippen LogP contribution in [-0.2, 0) is 6.42 Å². The fourth-order valence-electron chi connectivity index (χ4n) is 2.07. The van der Waals surface area contributed by atoms with Crippen LogP contribution in [0.5, 0.6) is 0 Å². The van der Waals surface area contributed by atoms with Crippen molar-refractivity contribution in [2.75, 3.05) is 13.6 Å². The highest BCUT2D eigenvalue weighted by Crippen LogP contribution is 2.19. The van der Waals surface area contributed by atoms with Gasteiger partial charge in [0.05, 0.1) is 6.54 Å². The number of para-hydroxylation sites is 1. The number of terminal acetylenes is 1. The Balaban J connectivity index is 0.00000162. The Labute approximate surface area is 125 Å². The standard InChI is InChI=1S/C15H18N2.BrH.H2O/c1-4-9-17(3)12(2)10-13-11-16-15-8-6-5-7-14(13)15;;/h1,5-8,11-12,16H,9-10H2,2-3H3;1H;1H2. The van der Waals surface area contributed by atoms with Gasteiger partial charge in [0.15, 0.2) is 0 Å². The molecule has 0 aliphatic rings. The second-order valence-corrected chi connectivity index (χ2v) is 4.53. The maximum absolute atomic E-state index is 5.33. The summed E-state index contributed by atoms with van der Waals surface area (Å²) in [7, 11) is 2.07. The van der Waals surface area contributed by atoms with Gasteiger partial charge in [0.1, 0.15) is 0 Å². The van der Waals surface area contributed by atoms with Crippen molar-refractivity contribution in [2.45, 2.75) is 19.4 Å². The molecule has 1 atom stereocenters. The maximum atomic E-state index is 5.33. The summed E-state index contributed by atoms with van der Waals surface area (Å²) in [5.41, 5.74) is 2.56. The number of H-pyrrole nitrogens is 1. The van der Waals surface area contributed by atoms with Gasteiger partial charge < -0.3 is 10.5 Å². The Morgan fingerprint density at radius 1 is 1.37 bits per heavy atom. The van der Waals surface area contributed by atoms with E-state index in [2.05, 4.69) is 60.2 Å². The number of hydrogen-bond acceptors (Lipinski definition) is 1. The molecule has 3 nitrogen and oxygen atoms in total. The van der Waals surface area contributed by atoms with Crippen molar-refractivity contribution < 1.29 is 5.48 Å². The molecule has 0 saturated heterocycles. The number of hydrogen-bond donors (Lipinski definition) is 1. The minimum Gasteiger partial charge on any atom is -0.412 e. The van der Waals surface area contributed by atoms with Crippen LogP contribution in [0.3, 0.4) is 0 Å². The van der Waals surface area contributed by atoms with Crippen molar-refractivity contribution in [1.82, 2.24) is 9.88 Å². The molecule has 0 spiro atoms. The number of aromatic amines is 1. The molecule has 0 amide bonds. The molecule has 0 radical (unpaired) electrons. The number of nitrogens with one attached hydrogen (secondary N) is 1. The molecule has 2 aromatic rings. The summed E-state index contributed by atoms with van der Waals surface area (Å²) >= 11 is 0. The van der Waals surface area contributed by atoms with Crippen LogP contribution in [-0.4, -0.2) is 35.0 Å². The van der Waals surface area contributed by atoms with Crippen molar-refractivity contribution in [3.63, 3.8) is 0 Å². The average Bonchev–Trinajstić information content (AvgIpc) is 2.73. The van der Waals surface area contributed by atoms with Gasteiger partial charge in [-0.3, -0.25) is 4.90 Å². The first-order valence-corrected chi connectivity index (χ1v) is 5.91. The minimum absolute atomic E-state index is 0. The quantitative estimate of drug-likeness (QED) is 0.863. The third-order valence-corrected chi connectivity index (χ3v) is 3.28. The van der Waals surface area contributed by atoms with Gasteiger partial charge in [-0.25, -0.2) is 0 Å². The van der Waals surface area contributed by atoms with Crippen molar-refractivity contribution in [3.05, 3.63) is 36.0 Å². The van der Waals surface area contributed by atoms with Gasteiger partial charge in [0.2, 0.25) is 0 Å². The minimum atomic E-state index is 0. The predicted molar refractivity (Wildman–Crippen MR) is 86.9 cm³/mol. The first kappa shape index (κ1) is 17.7. The average molecular weight is 325 g/mol. The van der Waals surface area contributed by atoms with E-state index in [0.717, 1.165) is 6.42 Å². The molecule has 3 N–H and O–H groups in total. The predicted octanol–water partition coefficient (Wildman–Crippen LogP) is 2.42. The van der Waals surface area contributed by atoms with Crippen LogP contribution in [0.15, 0.2) is 30.5 Å². The van der Waals surface area contributed by atoms with Crippen molar-refractivity contribution in [1.29, 1.82) is 0 Å². The number of nitrogens with zero attached hydrogens (tertiary/aromatic N) is 1. The van der Waals surface area contributed by atoms with Crippen LogP contribution in [0.2, 0.25) is 0 Å². The number of halogens is 1. The highest BCUT2D eigenvalue weighted by molar-refractivity contribution is 8.93. The van der Waals surface area contributed by atoms with Gasteiger partial charge in [0, 0.05) is 23.1 Å². The maximum Gasteiger partial charge on any atom is 0.0598 e. The molecule has 2 rings (SSSR count). The van der Waals surface area contributed by atoms with E-state index in [1.54, 1.807) is 0 Å². The summed E-state index contributed by atoms with van der Waals surface area (Å²) in [6, 6.07) is 8.85. The van der Waals surface area contributed by atoms with Gasteiger partial charge in [0.25, 0.3) is 0 Å². The van der Waals surface area contributed by atoms with Gasteiger partial charge in [-0.05, 0) is 32.0 Å². The van der Waals surface area contributed by atoms with E-state index < -0.39 is 0 Å². The summed E-state index contributed by atoms with van der Waals surface area (Å²) in [5, 5.41) is 1.31. The smallest absolute Gasteiger partial charge is 0.0598 e. The largest absolute Gasteiger partial charge is 0.412 e. The normalized spacial score (nSPS) is 11.5. The molecule has 1 unspecified atom stereocenters. The zero-order valence-electron chi connectivity index (χ0n) is 11.3. The van der Waals surface area contributed by atoms with Crippen LogP contribution >= 0.6 is 17.0 Å². The Hall–Kier alpha value is -1.28. The Kier molecular flexibility index (Phi) is 7.47. The fraction of sp³-hybridized carbons (Fsp3) is 0.333. The highest BCUT2D eigenvalue weighted by Gasteiger charge is 2.11. The van der Waals surface area contributed by atoms with E-state index in [0.29, 0.717) is 12.6 Å². The molecular formula is C15H21BrN2O. The lowest BCUT2D eigenvalue weighted by molar-refractivity contribution is 0.287. The van der Waals surface area contributed by atoms with Gasteiger partial charge in [-0.2, -0.15) is 0 Å². The molecule has 0 aliphatic carbocycles. The van der Waals surface area contributed by atoms with E-state index >= 15 is 0 Å². The molecule has 4 heteroatoms. The zero-order valence-corrected chi connectivity index (χ0v) is 13.0. The van der Waals surface area contributed by atoms with Crippen LogP contribution in [0.4, 0.5) is 0 Å². The lowest BCUT2D eigenvalue weighted by Gasteiger charge is -2.22. The van der Waals surface area contributed by atoms with Crippen molar-refractivity contribution in [2.24, 2.45) is 0 Å². The van der Waals surface area contributed by atoms with E-state index in [1.807, 2.05) is 0 Å². The molecule has 0 bridgehead atoms. The van der Waals surface area contributed by atoms with Crippen LogP contribution in [0.25, 0.3) is 10.9 Å². The van der Waals surface area contributed by atoms with Gasteiger partial charge in [-0.15, -0.1) is 23.4 Å². The summed E-state index contributed by atoms with van der Waals surface area (Å²) in [5.74, 6) is 2.68. The monoisotopic (exact) mass is 324 g/mol. The third kappa shape index (κ3) is 4.10. The Morgan fingerprint density at radius 3 is 2.74 bits per heavy atom. The van der Waals surface area contributed by atoms with Crippen LogP contribution in [0, 0.1) is 12.3 Å². The molecule has 104 valence electrons. The van der Waals surface area contributed by atoms with E-state index in [-0.39, 0.29) is 22.5 Å². The molecular weight excluding hydrogens is 304 g/mol. The number of fused-ring (bicyclic) bond motifs is 1. The fourth-order valence-corrected chi connectivity index (χ4v) is 2.07. The van der Waals surface area contributed by atoms with Gasteiger partial charge >= 0.3 is 0 Å². The third-order valence-electron chi connectivity index (χ3n) is 3.28. The van der Waals surface area contributed by atoms with Crippen LogP contribution < -0.4 is 0 Å². The molecule has 1 heterocycles. The lowest BCUT2D eigenvalue weighted by Crippen LogP contribution is -2.31. The number of likely N-dealkylation sites (N-methyl/N-ethyl adjacent to an activating group) is 1. The number of benzene rings is 1. The lowest BCUT2D eigenvalue weighted by atomic mass is 10.1. The van der Waals surface area contributed by atoms with Crippen molar-refractivity contribution in [3.8, 4) is 12.3 Å².